The summed E-state index contributed by atoms with van der Waals surface area (Å²) in [5.41, 5.74) is 9.79. The summed E-state index contributed by atoms with van der Waals surface area (Å²) in [7, 11) is 0. The Morgan fingerprint density at radius 2 is 1.95 bits per heavy atom. The Balaban J connectivity index is 2.15. The van der Waals surface area contributed by atoms with Gasteiger partial charge in [-0.05, 0) is 30.7 Å². The van der Waals surface area contributed by atoms with Crippen LogP contribution in [-0.4, -0.2) is 4.98 Å². The van der Waals surface area contributed by atoms with E-state index in [2.05, 4.69) is 10.3 Å². The summed E-state index contributed by atoms with van der Waals surface area (Å²) in [6, 6.07) is 12.3. The number of rotatable bonds is 2. The Bertz CT molecular complexity index is 784. The molecule has 0 aliphatic rings. The van der Waals surface area contributed by atoms with Crippen LogP contribution in [0.5, 0.6) is 0 Å². The van der Waals surface area contributed by atoms with E-state index in [1.165, 1.54) is 12.1 Å². The Morgan fingerprint density at radius 3 is 2.80 bits per heavy atom. The van der Waals surface area contributed by atoms with Crippen LogP contribution in [0.25, 0.3) is 10.9 Å². The van der Waals surface area contributed by atoms with Gasteiger partial charge in [0.15, 0.2) is 0 Å². The third-order valence-corrected chi connectivity index (χ3v) is 3.26. The maximum absolute atomic E-state index is 13.4. The molecular formula is C16H14FN3. The number of halogens is 1. The molecule has 0 bridgehead atoms. The lowest BCUT2D eigenvalue weighted by Crippen LogP contribution is -2.00. The maximum atomic E-state index is 13.4. The van der Waals surface area contributed by atoms with E-state index in [0.717, 1.165) is 22.2 Å². The van der Waals surface area contributed by atoms with Gasteiger partial charge >= 0.3 is 0 Å². The van der Waals surface area contributed by atoms with Crippen molar-refractivity contribution in [1.29, 1.82) is 0 Å². The topological polar surface area (TPSA) is 50.9 Å². The number of hydrogen-bond acceptors (Lipinski definition) is 3. The van der Waals surface area contributed by atoms with Crippen LogP contribution in [0.1, 0.15) is 5.56 Å². The molecule has 0 saturated carbocycles. The largest absolute Gasteiger partial charge is 0.396 e. The highest BCUT2D eigenvalue weighted by Crippen LogP contribution is 2.31. The van der Waals surface area contributed by atoms with Crippen LogP contribution in [0.4, 0.5) is 21.5 Å². The molecular weight excluding hydrogens is 253 g/mol. The Labute approximate surface area is 116 Å². The first-order chi connectivity index (χ1) is 9.65. The van der Waals surface area contributed by atoms with Crippen molar-refractivity contribution in [3.63, 3.8) is 0 Å². The number of nitrogens with two attached hydrogens (primary N) is 1. The van der Waals surface area contributed by atoms with Crippen molar-refractivity contribution >= 4 is 28.0 Å². The number of benzene rings is 2. The second kappa shape index (κ2) is 4.81. The van der Waals surface area contributed by atoms with Gasteiger partial charge in [-0.25, -0.2) is 4.39 Å². The molecule has 3 aromatic rings. The van der Waals surface area contributed by atoms with Crippen molar-refractivity contribution in [2.45, 2.75) is 6.92 Å². The van der Waals surface area contributed by atoms with Gasteiger partial charge in [-0.3, -0.25) is 4.98 Å². The summed E-state index contributed by atoms with van der Waals surface area (Å²) >= 11 is 0. The van der Waals surface area contributed by atoms with Gasteiger partial charge in [0.05, 0.1) is 23.1 Å². The van der Waals surface area contributed by atoms with E-state index in [-0.39, 0.29) is 5.82 Å². The highest BCUT2D eigenvalue weighted by molar-refractivity contribution is 5.98. The fraction of sp³-hybridized carbons (Fsp3) is 0.0625. The van der Waals surface area contributed by atoms with Crippen molar-refractivity contribution in [2.75, 3.05) is 11.1 Å². The molecule has 3 nitrogen and oxygen atoms in total. The van der Waals surface area contributed by atoms with E-state index in [9.17, 15) is 4.39 Å². The number of anilines is 3. The maximum Gasteiger partial charge on any atom is 0.125 e. The lowest BCUT2D eigenvalue weighted by molar-refractivity contribution is 0.628. The number of nitrogens with one attached hydrogen (secondary N) is 1. The average Bonchev–Trinajstić information content (AvgIpc) is 2.46. The van der Waals surface area contributed by atoms with Gasteiger partial charge < -0.3 is 11.1 Å². The van der Waals surface area contributed by atoms with Crippen LogP contribution in [0.2, 0.25) is 0 Å². The minimum Gasteiger partial charge on any atom is -0.396 e. The average molecular weight is 267 g/mol. The van der Waals surface area contributed by atoms with E-state index in [1.807, 2.05) is 31.2 Å². The Hall–Kier alpha value is -2.62. The van der Waals surface area contributed by atoms with Gasteiger partial charge in [0.2, 0.25) is 0 Å². The summed E-state index contributed by atoms with van der Waals surface area (Å²) in [6.45, 7) is 1.92. The van der Waals surface area contributed by atoms with Crippen LogP contribution in [0, 0.1) is 12.7 Å². The van der Waals surface area contributed by atoms with Crippen molar-refractivity contribution in [1.82, 2.24) is 4.98 Å². The monoisotopic (exact) mass is 267 g/mol. The number of nitrogens with zero attached hydrogens (tertiary/aromatic N) is 1. The molecule has 0 amide bonds. The van der Waals surface area contributed by atoms with Crippen LogP contribution in [-0.2, 0) is 0 Å². The van der Waals surface area contributed by atoms with Crippen molar-refractivity contribution in [3.8, 4) is 0 Å². The molecule has 3 rings (SSSR count). The third-order valence-electron chi connectivity index (χ3n) is 3.26. The van der Waals surface area contributed by atoms with E-state index < -0.39 is 0 Å². The van der Waals surface area contributed by atoms with Gasteiger partial charge in [0.25, 0.3) is 0 Å². The fourth-order valence-electron chi connectivity index (χ4n) is 2.16. The number of hydrogen-bond donors (Lipinski definition) is 2. The third kappa shape index (κ3) is 2.16. The van der Waals surface area contributed by atoms with E-state index in [1.54, 1.807) is 12.3 Å². The highest BCUT2D eigenvalue weighted by Gasteiger charge is 2.08. The number of aromatic nitrogens is 1. The Kier molecular flexibility index (Phi) is 2.99. The molecule has 0 aliphatic carbocycles. The molecule has 0 spiro atoms. The van der Waals surface area contributed by atoms with E-state index in [0.29, 0.717) is 11.4 Å². The van der Waals surface area contributed by atoms with Gasteiger partial charge in [-0.15, -0.1) is 0 Å². The zero-order valence-corrected chi connectivity index (χ0v) is 11.0. The van der Waals surface area contributed by atoms with Crippen molar-refractivity contribution < 1.29 is 4.39 Å². The fourth-order valence-corrected chi connectivity index (χ4v) is 2.16. The lowest BCUT2D eigenvalue weighted by atomic mass is 10.1. The standard InChI is InChI=1S/C16H14FN3/c1-10-6-7-11(17)8-15(10)20-16-12-4-2-3-5-14(12)19-9-13(16)18/h2-9H,18H2,1H3,(H,19,20). The highest BCUT2D eigenvalue weighted by atomic mass is 19.1. The molecule has 20 heavy (non-hydrogen) atoms. The SMILES string of the molecule is Cc1ccc(F)cc1Nc1c(N)cnc2ccccc12. The molecule has 1 aromatic heterocycles. The zero-order chi connectivity index (χ0) is 14.1. The van der Waals surface area contributed by atoms with Gasteiger partial charge in [-0.2, -0.15) is 0 Å². The zero-order valence-electron chi connectivity index (χ0n) is 11.0. The minimum absolute atomic E-state index is 0.282. The van der Waals surface area contributed by atoms with Crippen LogP contribution in [0.3, 0.4) is 0 Å². The molecule has 0 fully saturated rings. The Morgan fingerprint density at radius 1 is 1.15 bits per heavy atom. The molecule has 100 valence electrons. The minimum atomic E-state index is -0.282. The quantitative estimate of drug-likeness (QED) is 0.737. The molecule has 0 unspecified atom stereocenters. The normalized spacial score (nSPS) is 10.7. The van der Waals surface area contributed by atoms with Crippen LogP contribution < -0.4 is 11.1 Å². The van der Waals surface area contributed by atoms with Crippen molar-refractivity contribution in [3.05, 3.63) is 60.0 Å². The second-order valence-corrected chi connectivity index (χ2v) is 4.69. The molecule has 4 heteroatoms. The van der Waals surface area contributed by atoms with Crippen molar-refractivity contribution in [2.24, 2.45) is 0 Å². The van der Waals surface area contributed by atoms with Gasteiger partial charge in [0, 0.05) is 11.1 Å². The number of pyridine rings is 1. The molecule has 0 saturated heterocycles. The molecule has 0 aliphatic heterocycles. The second-order valence-electron chi connectivity index (χ2n) is 4.69. The van der Waals surface area contributed by atoms with Crippen LogP contribution >= 0.6 is 0 Å². The first-order valence-electron chi connectivity index (χ1n) is 6.31. The smallest absolute Gasteiger partial charge is 0.125 e. The number of aryl methyl sites for hydroxylation is 1. The van der Waals surface area contributed by atoms with E-state index in [4.69, 9.17) is 5.73 Å². The summed E-state index contributed by atoms with van der Waals surface area (Å²) in [4.78, 5) is 4.28. The number of para-hydroxylation sites is 1. The number of nitrogen functional groups attached to an aromatic ring is 1. The molecule has 0 radical (unpaired) electrons. The lowest BCUT2D eigenvalue weighted by Gasteiger charge is -2.14. The summed E-state index contributed by atoms with van der Waals surface area (Å²) in [6.07, 6.45) is 1.61. The summed E-state index contributed by atoms with van der Waals surface area (Å²) < 4.78 is 13.4. The van der Waals surface area contributed by atoms with Gasteiger partial charge in [0.1, 0.15) is 5.82 Å². The molecule has 0 atom stereocenters. The number of fused-ring (bicyclic) bond motifs is 1. The first kappa shape index (κ1) is 12.4. The predicted octanol–water partition coefficient (Wildman–Crippen LogP) is 4.01. The molecule has 2 aromatic carbocycles. The summed E-state index contributed by atoms with van der Waals surface area (Å²) in [5, 5.41) is 4.13. The molecule has 1 heterocycles. The molecule has 3 N–H and O–H groups in total. The van der Waals surface area contributed by atoms with Crippen LogP contribution in [0.15, 0.2) is 48.7 Å². The summed E-state index contributed by atoms with van der Waals surface area (Å²) in [5.74, 6) is -0.282. The van der Waals surface area contributed by atoms with E-state index >= 15 is 0 Å². The van der Waals surface area contributed by atoms with Gasteiger partial charge in [-0.1, -0.05) is 24.3 Å². The first-order valence-corrected chi connectivity index (χ1v) is 6.31. The predicted molar refractivity (Wildman–Crippen MR) is 80.6 cm³/mol.